The van der Waals surface area contributed by atoms with E-state index in [0.29, 0.717) is 0 Å². The van der Waals surface area contributed by atoms with Crippen LogP contribution >= 0.6 is 23.1 Å². The van der Waals surface area contributed by atoms with Gasteiger partial charge in [0.1, 0.15) is 0 Å². The van der Waals surface area contributed by atoms with E-state index < -0.39 is 0 Å². The average molecular weight is 300 g/mol. The lowest BCUT2D eigenvalue weighted by atomic mass is 10.1. The van der Waals surface area contributed by atoms with Gasteiger partial charge in [-0.2, -0.15) is 0 Å². The molecule has 0 spiro atoms. The zero-order valence-corrected chi connectivity index (χ0v) is 13.3. The van der Waals surface area contributed by atoms with Crippen LogP contribution in [-0.4, -0.2) is 23.2 Å². The van der Waals surface area contributed by atoms with E-state index in [0.717, 1.165) is 19.5 Å². The minimum absolute atomic E-state index is 0.934. The van der Waals surface area contributed by atoms with E-state index in [1.807, 2.05) is 23.1 Å². The number of benzene rings is 1. The molecule has 4 rings (SSSR count). The molecule has 0 N–H and O–H groups in total. The SMILES string of the molecule is CCC1=C(c2ccc3cc(C)sc3c2)N2CCN=C2S1. The number of hydrogen-bond acceptors (Lipinski definition) is 4. The minimum Gasteiger partial charge on any atom is -0.318 e. The zero-order valence-electron chi connectivity index (χ0n) is 11.6. The summed E-state index contributed by atoms with van der Waals surface area (Å²) in [4.78, 5) is 9.83. The lowest BCUT2D eigenvalue weighted by Crippen LogP contribution is -2.19. The van der Waals surface area contributed by atoms with Gasteiger partial charge in [0.2, 0.25) is 0 Å². The van der Waals surface area contributed by atoms with Gasteiger partial charge in [-0.1, -0.05) is 30.8 Å². The molecule has 0 radical (unpaired) electrons. The highest BCUT2D eigenvalue weighted by atomic mass is 32.2. The molecular weight excluding hydrogens is 284 g/mol. The number of allylic oxidation sites excluding steroid dienone is 1. The molecule has 0 saturated heterocycles. The second-order valence-electron chi connectivity index (χ2n) is 5.15. The van der Waals surface area contributed by atoms with Crippen molar-refractivity contribution in [2.75, 3.05) is 13.1 Å². The minimum atomic E-state index is 0.934. The molecule has 0 atom stereocenters. The van der Waals surface area contributed by atoms with Crippen LogP contribution in [0.3, 0.4) is 0 Å². The summed E-state index contributed by atoms with van der Waals surface area (Å²) in [6, 6.07) is 9.14. The van der Waals surface area contributed by atoms with E-state index in [-0.39, 0.29) is 0 Å². The summed E-state index contributed by atoms with van der Waals surface area (Å²) in [5.74, 6) is 0. The molecule has 0 unspecified atom stereocenters. The Balaban J connectivity index is 1.86. The number of nitrogens with zero attached hydrogens (tertiary/aromatic N) is 2. The third-order valence-corrected chi connectivity index (χ3v) is 6.06. The molecule has 0 aliphatic carbocycles. The second kappa shape index (κ2) is 4.64. The van der Waals surface area contributed by atoms with E-state index in [4.69, 9.17) is 0 Å². The van der Waals surface area contributed by atoms with Gasteiger partial charge >= 0.3 is 0 Å². The Bertz CT molecular complexity index is 755. The summed E-state index contributed by atoms with van der Waals surface area (Å²) in [6.07, 6.45) is 1.08. The maximum atomic E-state index is 4.60. The van der Waals surface area contributed by atoms with Crippen molar-refractivity contribution in [3.8, 4) is 0 Å². The summed E-state index contributed by atoms with van der Waals surface area (Å²) < 4.78 is 1.39. The third-order valence-electron chi connectivity index (χ3n) is 3.79. The van der Waals surface area contributed by atoms with Crippen molar-refractivity contribution in [1.29, 1.82) is 0 Å². The van der Waals surface area contributed by atoms with E-state index >= 15 is 0 Å². The molecule has 2 aliphatic rings. The molecular formula is C16H16N2S2. The van der Waals surface area contributed by atoms with Gasteiger partial charge in [-0.15, -0.1) is 11.3 Å². The number of thioether (sulfide) groups is 1. The predicted octanol–water partition coefficient (Wildman–Crippen LogP) is 4.71. The molecule has 2 aliphatic heterocycles. The summed E-state index contributed by atoms with van der Waals surface area (Å²) in [5.41, 5.74) is 2.73. The van der Waals surface area contributed by atoms with Crippen molar-refractivity contribution in [3.05, 3.63) is 39.6 Å². The molecule has 102 valence electrons. The lowest BCUT2D eigenvalue weighted by molar-refractivity contribution is 0.647. The van der Waals surface area contributed by atoms with Crippen LogP contribution < -0.4 is 0 Å². The van der Waals surface area contributed by atoms with E-state index in [9.17, 15) is 0 Å². The van der Waals surface area contributed by atoms with Crippen LogP contribution in [0.15, 0.2) is 34.2 Å². The number of amidine groups is 1. The van der Waals surface area contributed by atoms with Crippen LogP contribution in [0.25, 0.3) is 15.8 Å². The summed E-state index contributed by atoms with van der Waals surface area (Å²) >= 11 is 3.73. The highest BCUT2D eigenvalue weighted by Crippen LogP contribution is 2.43. The molecule has 3 heterocycles. The molecule has 2 aromatic rings. The van der Waals surface area contributed by atoms with Gasteiger partial charge in [0, 0.05) is 26.6 Å². The monoisotopic (exact) mass is 300 g/mol. The van der Waals surface area contributed by atoms with Crippen molar-refractivity contribution in [2.45, 2.75) is 20.3 Å². The molecule has 4 heteroatoms. The Labute approximate surface area is 127 Å². The number of aryl methyl sites for hydroxylation is 1. The summed E-state index contributed by atoms with van der Waals surface area (Å²) in [6.45, 7) is 6.38. The Morgan fingerprint density at radius 3 is 3.05 bits per heavy atom. The quantitative estimate of drug-likeness (QED) is 0.798. The van der Waals surface area contributed by atoms with Gasteiger partial charge in [-0.25, -0.2) is 0 Å². The first kappa shape index (κ1) is 12.5. The molecule has 0 saturated carbocycles. The smallest absolute Gasteiger partial charge is 0.168 e. The topological polar surface area (TPSA) is 15.6 Å². The third kappa shape index (κ3) is 1.82. The molecule has 2 nitrogen and oxygen atoms in total. The first-order chi connectivity index (χ1) is 9.76. The van der Waals surface area contributed by atoms with Crippen LogP contribution in [0.1, 0.15) is 23.8 Å². The largest absolute Gasteiger partial charge is 0.318 e. The van der Waals surface area contributed by atoms with Crippen LogP contribution in [-0.2, 0) is 0 Å². The second-order valence-corrected chi connectivity index (χ2v) is 7.50. The predicted molar refractivity (Wildman–Crippen MR) is 90.4 cm³/mol. The number of fused-ring (bicyclic) bond motifs is 2. The molecule has 0 fully saturated rings. The molecule has 1 aromatic carbocycles. The van der Waals surface area contributed by atoms with Crippen molar-refractivity contribution >= 4 is 44.0 Å². The number of thiophene rings is 1. The fourth-order valence-corrected chi connectivity index (χ4v) is 5.00. The number of hydrogen-bond donors (Lipinski definition) is 0. The van der Waals surface area contributed by atoms with E-state index in [1.165, 1.54) is 36.3 Å². The lowest BCUT2D eigenvalue weighted by Gasteiger charge is -2.17. The van der Waals surface area contributed by atoms with Crippen molar-refractivity contribution in [3.63, 3.8) is 0 Å². The van der Waals surface area contributed by atoms with Crippen molar-refractivity contribution < 1.29 is 0 Å². The van der Waals surface area contributed by atoms with Gasteiger partial charge in [-0.05, 0) is 30.9 Å². The van der Waals surface area contributed by atoms with Crippen LogP contribution in [0.5, 0.6) is 0 Å². The number of rotatable bonds is 2. The highest BCUT2D eigenvalue weighted by molar-refractivity contribution is 8.17. The van der Waals surface area contributed by atoms with Gasteiger partial charge in [0.15, 0.2) is 5.17 Å². The standard InChI is InChI=1S/C16H16N2S2/c1-3-13-15(18-7-6-17-16(18)20-13)12-5-4-11-8-10(2)19-14(11)9-12/h4-5,8-9H,3,6-7H2,1-2H3. The van der Waals surface area contributed by atoms with Gasteiger partial charge in [0.25, 0.3) is 0 Å². The number of aliphatic imine (C=N–C) groups is 1. The Morgan fingerprint density at radius 2 is 2.20 bits per heavy atom. The molecule has 20 heavy (non-hydrogen) atoms. The Kier molecular flexibility index (Phi) is 2.89. The van der Waals surface area contributed by atoms with E-state index in [2.05, 4.69) is 48.0 Å². The molecule has 1 aromatic heterocycles. The molecule has 0 bridgehead atoms. The maximum absolute atomic E-state index is 4.60. The first-order valence-corrected chi connectivity index (χ1v) is 8.63. The normalized spacial score (nSPS) is 18.1. The first-order valence-electron chi connectivity index (χ1n) is 7.00. The van der Waals surface area contributed by atoms with E-state index in [1.54, 1.807) is 0 Å². The van der Waals surface area contributed by atoms with Crippen LogP contribution in [0, 0.1) is 6.92 Å². The van der Waals surface area contributed by atoms with Crippen molar-refractivity contribution in [2.24, 2.45) is 4.99 Å². The summed E-state index contributed by atoms with van der Waals surface area (Å²) in [7, 11) is 0. The highest BCUT2D eigenvalue weighted by Gasteiger charge is 2.32. The van der Waals surface area contributed by atoms with Gasteiger partial charge in [-0.3, -0.25) is 4.99 Å². The Morgan fingerprint density at radius 1 is 1.30 bits per heavy atom. The maximum Gasteiger partial charge on any atom is 0.168 e. The van der Waals surface area contributed by atoms with Crippen LogP contribution in [0.2, 0.25) is 0 Å². The fourth-order valence-electron chi connectivity index (χ4n) is 2.90. The fraction of sp³-hybridized carbons (Fsp3) is 0.312. The zero-order chi connectivity index (χ0) is 13.7. The van der Waals surface area contributed by atoms with Gasteiger partial charge < -0.3 is 4.90 Å². The van der Waals surface area contributed by atoms with Crippen molar-refractivity contribution in [1.82, 2.24) is 4.90 Å². The van der Waals surface area contributed by atoms with Crippen LogP contribution in [0.4, 0.5) is 0 Å². The average Bonchev–Trinajstić information content (AvgIpc) is 3.08. The Hall–Kier alpha value is -1.26. The summed E-state index contributed by atoms with van der Waals surface area (Å²) in [5, 5.41) is 2.55. The molecule has 0 amide bonds. The van der Waals surface area contributed by atoms with Gasteiger partial charge in [0.05, 0.1) is 12.2 Å².